The van der Waals surface area contributed by atoms with Crippen molar-refractivity contribution in [1.82, 2.24) is 0 Å². The monoisotopic (exact) mass is 268 g/mol. The smallest absolute Gasteiger partial charge is 0.335 e. The van der Waals surface area contributed by atoms with Crippen molar-refractivity contribution < 1.29 is 34.8 Å². The van der Waals surface area contributed by atoms with Crippen LogP contribution < -0.4 is 0 Å². The Balaban J connectivity index is 0.000000344. The van der Waals surface area contributed by atoms with Crippen molar-refractivity contribution in [3.63, 3.8) is 0 Å². The van der Waals surface area contributed by atoms with Crippen LogP contribution in [0.5, 0.6) is 5.75 Å². The summed E-state index contributed by atoms with van der Waals surface area (Å²) in [6, 6.07) is 5.52. The molecule has 0 aliphatic carbocycles. The molecule has 1 rings (SSSR count). The van der Waals surface area contributed by atoms with Gasteiger partial charge in [-0.25, -0.2) is 14.4 Å². The summed E-state index contributed by atoms with van der Waals surface area (Å²) in [4.78, 5) is 29.9. The third kappa shape index (κ3) is 7.16. The first kappa shape index (κ1) is 16.2. The Kier molecular flexibility index (Phi) is 6.37. The fourth-order valence-corrected chi connectivity index (χ4v) is 0.886. The van der Waals surface area contributed by atoms with Crippen molar-refractivity contribution in [3.8, 4) is 5.75 Å². The fourth-order valence-electron chi connectivity index (χ4n) is 0.886. The minimum atomic E-state index is -1.24. The van der Waals surface area contributed by atoms with E-state index < -0.39 is 17.9 Å². The van der Waals surface area contributed by atoms with Gasteiger partial charge < -0.3 is 20.4 Å². The third-order valence-electron chi connectivity index (χ3n) is 1.77. The molecule has 0 amide bonds. The minimum Gasteiger partial charge on any atom is -0.508 e. The van der Waals surface area contributed by atoms with Gasteiger partial charge in [-0.15, -0.1) is 0 Å². The van der Waals surface area contributed by atoms with E-state index in [1.807, 2.05) is 0 Å². The Morgan fingerprint density at radius 3 is 1.95 bits per heavy atom. The van der Waals surface area contributed by atoms with Gasteiger partial charge in [0.1, 0.15) is 5.75 Å². The highest BCUT2D eigenvalue weighted by molar-refractivity contribution is 5.94. The number of phenolic OH excluding ortho intramolecular Hbond substituents is 1. The average Bonchev–Trinajstić information content (AvgIpc) is 2.28. The van der Waals surface area contributed by atoms with Gasteiger partial charge in [-0.05, 0) is 25.1 Å². The average molecular weight is 268 g/mol. The molecular weight excluding hydrogens is 256 g/mol. The second-order valence-electron chi connectivity index (χ2n) is 3.33. The minimum absolute atomic E-state index is 0.0279. The number of rotatable bonds is 3. The molecule has 102 valence electrons. The SMILES string of the molecule is C/C(=C\C(=O)O)C(=O)O.O=C(O)c1cccc(O)c1. The van der Waals surface area contributed by atoms with Crippen molar-refractivity contribution in [2.75, 3.05) is 0 Å². The van der Waals surface area contributed by atoms with Crippen LogP contribution in [0, 0.1) is 0 Å². The van der Waals surface area contributed by atoms with E-state index in [1.165, 1.54) is 31.2 Å². The predicted octanol–water partition coefficient (Wildman–Crippen LogP) is 1.19. The lowest BCUT2D eigenvalue weighted by Gasteiger charge is -1.92. The van der Waals surface area contributed by atoms with E-state index in [4.69, 9.17) is 20.4 Å². The van der Waals surface area contributed by atoms with Crippen LogP contribution in [-0.2, 0) is 9.59 Å². The topological polar surface area (TPSA) is 132 Å². The van der Waals surface area contributed by atoms with Crippen LogP contribution in [0.3, 0.4) is 0 Å². The van der Waals surface area contributed by atoms with Gasteiger partial charge in [0.2, 0.25) is 0 Å². The highest BCUT2D eigenvalue weighted by Crippen LogP contribution is 2.09. The Morgan fingerprint density at radius 1 is 1.11 bits per heavy atom. The Bertz CT molecular complexity index is 517. The summed E-state index contributed by atoms with van der Waals surface area (Å²) < 4.78 is 0. The Hall–Kier alpha value is -2.83. The van der Waals surface area contributed by atoms with Crippen LogP contribution in [0.2, 0.25) is 0 Å². The molecule has 0 radical (unpaired) electrons. The van der Waals surface area contributed by atoms with Crippen molar-refractivity contribution in [2.24, 2.45) is 0 Å². The number of aliphatic carboxylic acids is 2. The lowest BCUT2D eigenvalue weighted by Crippen LogP contribution is -1.99. The van der Waals surface area contributed by atoms with E-state index >= 15 is 0 Å². The summed E-state index contributed by atoms with van der Waals surface area (Å²) in [5, 5.41) is 33.3. The summed E-state index contributed by atoms with van der Waals surface area (Å²) in [7, 11) is 0. The first-order valence-electron chi connectivity index (χ1n) is 4.91. The van der Waals surface area contributed by atoms with E-state index in [-0.39, 0.29) is 16.9 Å². The maximum Gasteiger partial charge on any atom is 0.335 e. The highest BCUT2D eigenvalue weighted by atomic mass is 16.4. The van der Waals surface area contributed by atoms with Crippen LogP contribution in [0.15, 0.2) is 35.9 Å². The molecule has 1 aromatic carbocycles. The number of aromatic hydroxyl groups is 1. The molecule has 0 bridgehead atoms. The van der Waals surface area contributed by atoms with Gasteiger partial charge in [-0.3, -0.25) is 0 Å². The molecule has 19 heavy (non-hydrogen) atoms. The van der Waals surface area contributed by atoms with E-state index in [9.17, 15) is 14.4 Å². The predicted molar refractivity (Wildman–Crippen MR) is 64.1 cm³/mol. The number of hydrogen-bond acceptors (Lipinski definition) is 4. The van der Waals surface area contributed by atoms with Gasteiger partial charge >= 0.3 is 17.9 Å². The number of benzene rings is 1. The molecule has 0 saturated carbocycles. The molecule has 7 heteroatoms. The number of carboxylic acids is 3. The summed E-state index contributed by atoms with van der Waals surface area (Å²) in [6.45, 7) is 1.22. The van der Waals surface area contributed by atoms with Crippen molar-refractivity contribution in [2.45, 2.75) is 6.92 Å². The number of carboxylic acid groups (broad SMARTS) is 3. The lowest BCUT2D eigenvalue weighted by atomic mass is 10.2. The molecule has 0 fully saturated rings. The van der Waals surface area contributed by atoms with Crippen molar-refractivity contribution >= 4 is 17.9 Å². The van der Waals surface area contributed by atoms with Gasteiger partial charge in [0, 0.05) is 11.6 Å². The van der Waals surface area contributed by atoms with Gasteiger partial charge in [0.15, 0.2) is 0 Å². The van der Waals surface area contributed by atoms with Gasteiger partial charge in [0.05, 0.1) is 5.56 Å². The number of phenols is 1. The summed E-state index contributed by atoms with van der Waals surface area (Å²) in [5.74, 6) is -3.51. The normalized spacial score (nSPS) is 10.1. The second kappa shape index (κ2) is 7.49. The molecule has 0 aliphatic heterocycles. The standard InChI is InChI=1S/C7H6O3.C5H6O4/c8-6-3-1-2-5(4-6)7(9)10;1-3(5(8)9)2-4(6)7/h1-4,8H,(H,9,10);2H,1H3,(H,6,7)(H,8,9)/b;3-2+. The van der Waals surface area contributed by atoms with E-state index in [2.05, 4.69) is 0 Å². The quantitative estimate of drug-likeness (QED) is 0.605. The number of carbonyl (C=O) groups is 3. The van der Waals surface area contributed by atoms with Gasteiger partial charge in [0.25, 0.3) is 0 Å². The molecule has 1 aromatic rings. The zero-order valence-corrected chi connectivity index (χ0v) is 9.90. The molecule has 0 heterocycles. The molecule has 7 nitrogen and oxygen atoms in total. The summed E-state index contributed by atoms with van der Waals surface area (Å²) in [5.41, 5.74) is -0.0810. The maximum atomic E-state index is 10.2. The van der Waals surface area contributed by atoms with Crippen LogP contribution in [-0.4, -0.2) is 38.3 Å². The molecule has 0 spiro atoms. The van der Waals surface area contributed by atoms with Crippen molar-refractivity contribution in [3.05, 3.63) is 41.5 Å². The summed E-state index contributed by atoms with van der Waals surface area (Å²) >= 11 is 0. The molecule has 4 N–H and O–H groups in total. The van der Waals surface area contributed by atoms with E-state index in [0.717, 1.165) is 0 Å². The molecule has 0 saturated heterocycles. The third-order valence-corrected chi connectivity index (χ3v) is 1.77. The largest absolute Gasteiger partial charge is 0.508 e. The van der Waals surface area contributed by atoms with Crippen LogP contribution in [0.1, 0.15) is 17.3 Å². The zero-order valence-electron chi connectivity index (χ0n) is 9.90. The summed E-state index contributed by atoms with van der Waals surface area (Å²) in [6.07, 6.45) is 0.641. The van der Waals surface area contributed by atoms with Crippen LogP contribution >= 0.6 is 0 Å². The van der Waals surface area contributed by atoms with Crippen LogP contribution in [0.25, 0.3) is 0 Å². The molecule has 0 aromatic heterocycles. The zero-order chi connectivity index (χ0) is 15.0. The molecule has 0 unspecified atom stereocenters. The first-order chi connectivity index (χ1) is 8.73. The first-order valence-corrected chi connectivity index (χ1v) is 4.91. The van der Waals surface area contributed by atoms with Gasteiger partial charge in [-0.2, -0.15) is 0 Å². The van der Waals surface area contributed by atoms with Crippen LogP contribution in [0.4, 0.5) is 0 Å². The van der Waals surface area contributed by atoms with E-state index in [0.29, 0.717) is 6.08 Å². The lowest BCUT2D eigenvalue weighted by molar-refractivity contribution is -0.135. The number of aromatic carboxylic acids is 1. The fraction of sp³-hybridized carbons (Fsp3) is 0.0833. The second-order valence-corrected chi connectivity index (χ2v) is 3.33. The molecular formula is C12H12O7. The molecule has 0 aliphatic rings. The Morgan fingerprint density at radius 2 is 1.68 bits per heavy atom. The van der Waals surface area contributed by atoms with Gasteiger partial charge in [-0.1, -0.05) is 6.07 Å². The van der Waals surface area contributed by atoms with E-state index in [1.54, 1.807) is 0 Å². The Labute approximate surface area is 108 Å². The maximum absolute atomic E-state index is 10.2. The number of hydrogen-bond donors (Lipinski definition) is 4. The van der Waals surface area contributed by atoms with Crippen molar-refractivity contribution in [1.29, 1.82) is 0 Å². The molecule has 0 atom stereocenters. The highest BCUT2D eigenvalue weighted by Gasteiger charge is 2.01.